The zero-order chi connectivity index (χ0) is 10.7. The Balaban J connectivity index is 3.27. The van der Waals surface area contributed by atoms with Crippen molar-refractivity contribution >= 4 is 33.3 Å². The molecule has 0 aliphatic heterocycles. The van der Waals surface area contributed by atoms with E-state index in [0.29, 0.717) is 11.3 Å². The SMILES string of the molecule is COc1cc(Br)c(C)cc1C(=O)CCl. The molecule has 0 bridgehead atoms. The first-order valence-electron chi connectivity index (χ1n) is 4.03. The van der Waals surface area contributed by atoms with Gasteiger partial charge in [0.25, 0.3) is 0 Å². The lowest BCUT2D eigenvalue weighted by Crippen LogP contribution is -2.04. The van der Waals surface area contributed by atoms with Crippen LogP contribution in [0.2, 0.25) is 0 Å². The van der Waals surface area contributed by atoms with Crippen molar-refractivity contribution < 1.29 is 9.53 Å². The fourth-order valence-electron chi connectivity index (χ4n) is 1.12. The van der Waals surface area contributed by atoms with Crippen LogP contribution in [-0.4, -0.2) is 18.8 Å². The number of hydrogen-bond donors (Lipinski definition) is 0. The Labute approximate surface area is 96.3 Å². The molecule has 1 aromatic rings. The summed E-state index contributed by atoms with van der Waals surface area (Å²) in [4.78, 5) is 11.4. The van der Waals surface area contributed by atoms with Gasteiger partial charge in [-0.2, -0.15) is 0 Å². The lowest BCUT2D eigenvalue weighted by atomic mass is 10.1. The molecule has 0 unspecified atom stereocenters. The van der Waals surface area contributed by atoms with Crippen LogP contribution in [-0.2, 0) is 0 Å². The summed E-state index contributed by atoms with van der Waals surface area (Å²) in [6.45, 7) is 1.91. The lowest BCUT2D eigenvalue weighted by Gasteiger charge is -2.08. The Morgan fingerprint density at radius 1 is 1.57 bits per heavy atom. The molecular weight excluding hydrogens is 267 g/mol. The smallest absolute Gasteiger partial charge is 0.181 e. The van der Waals surface area contributed by atoms with Crippen molar-refractivity contribution in [3.8, 4) is 5.75 Å². The molecule has 0 aromatic heterocycles. The van der Waals surface area contributed by atoms with Gasteiger partial charge < -0.3 is 4.74 Å². The zero-order valence-electron chi connectivity index (χ0n) is 7.93. The van der Waals surface area contributed by atoms with Gasteiger partial charge in [-0.1, -0.05) is 15.9 Å². The van der Waals surface area contributed by atoms with Gasteiger partial charge in [-0.25, -0.2) is 0 Å². The van der Waals surface area contributed by atoms with Crippen molar-refractivity contribution in [2.24, 2.45) is 0 Å². The summed E-state index contributed by atoms with van der Waals surface area (Å²) in [5.74, 6) is 0.393. The van der Waals surface area contributed by atoms with Crippen LogP contribution in [0, 0.1) is 6.92 Å². The highest BCUT2D eigenvalue weighted by Crippen LogP contribution is 2.27. The molecular formula is C10H10BrClO2. The number of carbonyl (C=O) groups excluding carboxylic acids is 1. The lowest BCUT2D eigenvalue weighted by molar-refractivity contribution is 0.101. The molecule has 14 heavy (non-hydrogen) atoms. The molecule has 0 saturated carbocycles. The number of alkyl halides is 1. The van der Waals surface area contributed by atoms with Gasteiger partial charge in [0.1, 0.15) is 5.75 Å². The van der Waals surface area contributed by atoms with E-state index in [1.165, 1.54) is 7.11 Å². The van der Waals surface area contributed by atoms with Crippen LogP contribution in [0.25, 0.3) is 0 Å². The summed E-state index contributed by atoms with van der Waals surface area (Å²) in [7, 11) is 1.53. The maximum Gasteiger partial charge on any atom is 0.181 e. The van der Waals surface area contributed by atoms with Gasteiger partial charge in [-0.05, 0) is 24.6 Å². The molecule has 0 heterocycles. The van der Waals surface area contributed by atoms with Crippen LogP contribution in [0.3, 0.4) is 0 Å². The number of carbonyl (C=O) groups is 1. The predicted octanol–water partition coefficient (Wildman–Crippen LogP) is 3.19. The molecule has 0 radical (unpaired) electrons. The van der Waals surface area contributed by atoms with Crippen molar-refractivity contribution in [2.45, 2.75) is 6.92 Å². The number of ether oxygens (including phenoxy) is 1. The molecule has 4 heteroatoms. The molecule has 0 spiro atoms. The number of hydrogen-bond acceptors (Lipinski definition) is 2. The van der Waals surface area contributed by atoms with E-state index < -0.39 is 0 Å². The number of halogens is 2. The van der Waals surface area contributed by atoms with Gasteiger partial charge in [0, 0.05) is 4.47 Å². The highest BCUT2D eigenvalue weighted by atomic mass is 79.9. The first-order chi connectivity index (χ1) is 6.60. The quantitative estimate of drug-likeness (QED) is 0.626. The third kappa shape index (κ3) is 2.28. The zero-order valence-corrected chi connectivity index (χ0v) is 10.3. The molecule has 0 atom stereocenters. The second kappa shape index (κ2) is 4.80. The molecule has 0 amide bonds. The van der Waals surface area contributed by atoms with Gasteiger partial charge in [0.2, 0.25) is 0 Å². The fraction of sp³-hybridized carbons (Fsp3) is 0.300. The normalized spacial score (nSPS) is 10.0. The third-order valence-corrected chi connectivity index (χ3v) is 3.00. The van der Waals surface area contributed by atoms with Crippen molar-refractivity contribution in [1.82, 2.24) is 0 Å². The minimum Gasteiger partial charge on any atom is -0.496 e. The fourth-order valence-corrected chi connectivity index (χ4v) is 1.59. The van der Waals surface area contributed by atoms with Crippen LogP contribution >= 0.6 is 27.5 Å². The molecule has 1 aromatic carbocycles. The Hall–Kier alpha value is -0.540. The summed E-state index contributed by atoms with van der Waals surface area (Å²) < 4.78 is 6.01. The molecule has 0 N–H and O–H groups in total. The summed E-state index contributed by atoms with van der Waals surface area (Å²) in [5, 5.41) is 0. The largest absolute Gasteiger partial charge is 0.496 e. The molecule has 0 saturated heterocycles. The molecule has 1 rings (SSSR count). The van der Waals surface area contributed by atoms with Gasteiger partial charge in [-0.3, -0.25) is 4.79 Å². The van der Waals surface area contributed by atoms with E-state index >= 15 is 0 Å². The monoisotopic (exact) mass is 276 g/mol. The second-order valence-electron chi connectivity index (χ2n) is 2.86. The topological polar surface area (TPSA) is 26.3 Å². The minimum atomic E-state index is -0.126. The van der Waals surface area contributed by atoms with Gasteiger partial charge in [-0.15, -0.1) is 11.6 Å². The van der Waals surface area contributed by atoms with Crippen molar-refractivity contribution in [3.63, 3.8) is 0 Å². The number of ketones is 1. The van der Waals surface area contributed by atoms with E-state index in [9.17, 15) is 4.79 Å². The van der Waals surface area contributed by atoms with Crippen molar-refractivity contribution in [2.75, 3.05) is 13.0 Å². The standard InChI is InChI=1S/C10H10BrClO2/c1-6-3-7(9(13)5-12)10(14-2)4-8(6)11/h3-4H,5H2,1-2H3. The molecule has 2 nitrogen and oxygen atoms in total. The van der Waals surface area contributed by atoms with E-state index in [-0.39, 0.29) is 11.7 Å². The highest BCUT2D eigenvalue weighted by Gasteiger charge is 2.12. The Bertz CT molecular complexity index is 363. The number of aryl methyl sites for hydroxylation is 1. The second-order valence-corrected chi connectivity index (χ2v) is 3.98. The first kappa shape index (κ1) is 11.5. The Kier molecular flexibility index (Phi) is 3.96. The highest BCUT2D eigenvalue weighted by molar-refractivity contribution is 9.10. The number of Topliss-reactive ketones (excluding diaryl/α,β-unsaturated/α-hetero) is 1. The third-order valence-electron chi connectivity index (χ3n) is 1.90. The van der Waals surface area contributed by atoms with Crippen LogP contribution in [0.1, 0.15) is 15.9 Å². The number of rotatable bonds is 3. The summed E-state index contributed by atoms with van der Waals surface area (Å²) >= 11 is 8.86. The van der Waals surface area contributed by atoms with Crippen molar-refractivity contribution in [3.05, 3.63) is 27.7 Å². The van der Waals surface area contributed by atoms with E-state index in [4.69, 9.17) is 16.3 Å². The van der Waals surface area contributed by atoms with Crippen LogP contribution in [0.5, 0.6) is 5.75 Å². The molecule has 0 fully saturated rings. The van der Waals surface area contributed by atoms with Crippen LogP contribution < -0.4 is 4.74 Å². The number of methoxy groups -OCH3 is 1. The summed E-state index contributed by atoms with van der Waals surface area (Å²) in [6.07, 6.45) is 0. The average molecular weight is 278 g/mol. The molecule has 0 aliphatic carbocycles. The first-order valence-corrected chi connectivity index (χ1v) is 5.36. The number of benzene rings is 1. The van der Waals surface area contributed by atoms with Gasteiger partial charge in [0.15, 0.2) is 5.78 Å². The Morgan fingerprint density at radius 3 is 2.71 bits per heavy atom. The van der Waals surface area contributed by atoms with Crippen LogP contribution in [0.4, 0.5) is 0 Å². The Morgan fingerprint density at radius 2 is 2.21 bits per heavy atom. The predicted molar refractivity (Wildman–Crippen MR) is 60.5 cm³/mol. The van der Waals surface area contributed by atoms with Crippen molar-refractivity contribution in [1.29, 1.82) is 0 Å². The van der Waals surface area contributed by atoms with Gasteiger partial charge >= 0.3 is 0 Å². The van der Waals surface area contributed by atoms with E-state index in [2.05, 4.69) is 15.9 Å². The van der Waals surface area contributed by atoms with E-state index in [0.717, 1.165) is 10.0 Å². The van der Waals surface area contributed by atoms with Gasteiger partial charge in [0.05, 0.1) is 18.6 Å². The molecule has 0 aliphatic rings. The van der Waals surface area contributed by atoms with Crippen LogP contribution in [0.15, 0.2) is 16.6 Å². The average Bonchev–Trinajstić information content (AvgIpc) is 2.20. The summed E-state index contributed by atoms with van der Waals surface area (Å²) in [5.41, 5.74) is 1.52. The minimum absolute atomic E-state index is 0.0303. The molecule has 76 valence electrons. The van der Waals surface area contributed by atoms with E-state index in [1.54, 1.807) is 12.1 Å². The maximum absolute atomic E-state index is 11.4. The maximum atomic E-state index is 11.4. The van der Waals surface area contributed by atoms with E-state index in [1.807, 2.05) is 6.92 Å². The summed E-state index contributed by atoms with van der Waals surface area (Å²) in [6, 6.07) is 3.54.